The van der Waals surface area contributed by atoms with E-state index in [1.165, 1.54) is 0 Å². The van der Waals surface area contributed by atoms with E-state index in [2.05, 4.69) is 10.1 Å². The lowest BCUT2D eigenvalue weighted by molar-refractivity contribution is -0.145. The Morgan fingerprint density at radius 1 is 1.32 bits per heavy atom. The van der Waals surface area contributed by atoms with E-state index >= 15 is 0 Å². The molecule has 1 atom stereocenters. The third-order valence-corrected chi connectivity index (χ3v) is 2.60. The molecule has 6 nitrogen and oxygen atoms in total. The summed E-state index contributed by atoms with van der Waals surface area (Å²) >= 11 is 0. The Bertz CT molecular complexity index is 378. The highest BCUT2D eigenvalue weighted by Gasteiger charge is 2.27. The van der Waals surface area contributed by atoms with E-state index < -0.39 is 5.92 Å². The Morgan fingerprint density at radius 3 is 2.74 bits per heavy atom. The average molecular weight is 270 g/mol. The SMILES string of the molecule is CCCC(C(=O)OCC)c1nc(CCOCC)no1. The molecule has 0 saturated heterocycles. The first-order valence-electron chi connectivity index (χ1n) is 6.79. The molecule has 1 heterocycles. The van der Waals surface area contributed by atoms with Crippen LogP contribution in [0.25, 0.3) is 0 Å². The predicted octanol–water partition coefficient (Wildman–Crippen LogP) is 2.10. The molecule has 6 heteroatoms. The zero-order chi connectivity index (χ0) is 14.1. The number of hydrogen-bond acceptors (Lipinski definition) is 6. The van der Waals surface area contributed by atoms with Crippen molar-refractivity contribution < 1.29 is 18.8 Å². The largest absolute Gasteiger partial charge is 0.465 e. The molecule has 0 aromatic carbocycles. The molecular formula is C13H22N2O4. The van der Waals surface area contributed by atoms with Crippen LogP contribution < -0.4 is 0 Å². The minimum Gasteiger partial charge on any atom is -0.465 e. The maximum absolute atomic E-state index is 11.8. The first-order valence-corrected chi connectivity index (χ1v) is 6.79. The van der Waals surface area contributed by atoms with Gasteiger partial charge in [-0.05, 0) is 20.3 Å². The Balaban J connectivity index is 2.66. The maximum atomic E-state index is 11.8. The number of aromatic nitrogens is 2. The normalized spacial score (nSPS) is 12.4. The molecule has 0 fully saturated rings. The molecule has 0 amide bonds. The Morgan fingerprint density at radius 2 is 2.11 bits per heavy atom. The lowest BCUT2D eigenvalue weighted by Crippen LogP contribution is -2.16. The van der Waals surface area contributed by atoms with Gasteiger partial charge in [-0.25, -0.2) is 0 Å². The van der Waals surface area contributed by atoms with E-state index in [1.807, 2.05) is 13.8 Å². The third kappa shape index (κ3) is 4.98. The fraction of sp³-hybridized carbons (Fsp3) is 0.769. The van der Waals surface area contributed by atoms with Crippen molar-refractivity contribution in [3.63, 3.8) is 0 Å². The second-order valence-corrected chi connectivity index (χ2v) is 4.09. The Kier molecular flexibility index (Phi) is 7.10. The van der Waals surface area contributed by atoms with Gasteiger partial charge < -0.3 is 14.0 Å². The highest BCUT2D eigenvalue weighted by molar-refractivity contribution is 5.76. The third-order valence-electron chi connectivity index (χ3n) is 2.60. The van der Waals surface area contributed by atoms with Gasteiger partial charge in [0.1, 0.15) is 5.92 Å². The lowest BCUT2D eigenvalue weighted by atomic mass is 10.0. The molecule has 108 valence electrons. The number of hydrogen-bond donors (Lipinski definition) is 0. The van der Waals surface area contributed by atoms with Crippen LogP contribution in [-0.4, -0.2) is 35.9 Å². The molecular weight excluding hydrogens is 248 g/mol. The van der Waals surface area contributed by atoms with Crippen LogP contribution >= 0.6 is 0 Å². The van der Waals surface area contributed by atoms with E-state index in [1.54, 1.807) is 6.92 Å². The first-order chi connectivity index (χ1) is 9.22. The van der Waals surface area contributed by atoms with Gasteiger partial charge in [0.25, 0.3) is 0 Å². The minimum atomic E-state index is -0.460. The summed E-state index contributed by atoms with van der Waals surface area (Å²) in [6, 6.07) is 0. The molecule has 0 spiro atoms. The van der Waals surface area contributed by atoms with Gasteiger partial charge in [0.05, 0.1) is 13.2 Å². The zero-order valence-corrected chi connectivity index (χ0v) is 11.8. The molecule has 1 unspecified atom stereocenters. The van der Waals surface area contributed by atoms with E-state index in [9.17, 15) is 4.79 Å². The van der Waals surface area contributed by atoms with Crippen LogP contribution in [0.1, 0.15) is 51.2 Å². The second kappa shape index (κ2) is 8.63. The van der Waals surface area contributed by atoms with Crippen LogP contribution in [0.4, 0.5) is 0 Å². The van der Waals surface area contributed by atoms with E-state index in [0.29, 0.717) is 44.4 Å². The smallest absolute Gasteiger partial charge is 0.318 e. The van der Waals surface area contributed by atoms with Crippen LogP contribution in [-0.2, 0) is 20.7 Å². The van der Waals surface area contributed by atoms with E-state index in [0.717, 1.165) is 6.42 Å². The van der Waals surface area contributed by atoms with Crippen molar-refractivity contribution in [2.75, 3.05) is 19.8 Å². The highest BCUT2D eigenvalue weighted by Crippen LogP contribution is 2.21. The summed E-state index contributed by atoms with van der Waals surface area (Å²) in [6.45, 7) is 7.27. The molecule has 19 heavy (non-hydrogen) atoms. The summed E-state index contributed by atoms with van der Waals surface area (Å²) in [6.07, 6.45) is 2.07. The molecule has 0 N–H and O–H groups in total. The molecule has 0 aliphatic carbocycles. The van der Waals surface area contributed by atoms with E-state index in [-0.39, 0.29) is 5.97 Å². The molecule has 0 bridgehead atoms. The van der Waals surface area contributed by atoms with Gasteiger partial charge in [-0.3, -0.25) is 4.79 Å². The van der Waals surface area contributed by atoms with Gasteiger partial charge in [0.2, 0.25) is 5.89 Å². The van der Waals surface area contributed by atoms with Crippen LogP contribution in [0.2, 0.25) is 0 Å². The molecule has 0 aliphatic rings. The molecule has 0 radical (unpaired) electrons. The zero-order valence-electron chi connectivity index (χ0n) is 11.8. The minimum absolute atomic E-state index is 0.302. The number of rotatable bonds is 9. The van der Waals surface area contributed by atoms with Gasteiger partial charge in [-0.2, -0.15) is 4.98 Å². The molecule has 1 rings (SSSR count). The van der Waals surface area contributed by atoms with Crippen LogP contribution in [0.15, 0.2) is 4.52 Å². The Labute approximate surface area is 113 Å². The summed E-state index contributed by atoms with van der Waals surface area (Å²) in [5, 5.41) is 3.86. The summed E-state index contributed by atoms with van der Waals surface area (Å²) < 4.78 is 15.4. The number of nitrogens with zero attached hydrogens (tertiary/aromatic N) is 2. The molecule has 0 aliphatic heterocycles. The van der Waals surface area contributed by atoms with Crippen molar-refractivity contribution in [1.29, 1.82) is 0 Å². The lowest BCUT2D eigenvalue weighted by Gasteiger charge is -2.09. The Hall–Kier alpha value is -1.43. The van der Waals surface area contributed by atoms with Crippen LogP contribution in [0.3, 0.4) is 0 Å². The monoisotopic (exact) mass is 270 g/mol. The van der Waals surface area contributed by atoms with Crippen molar-refractivity contribution in [2.45, 2.75) is 46.0 Å². The van der Waals surface area contributed by atoms with Gasteiger partial charge in [0.15, 0.2) is 5.82 Å². The molecule has 0 saturated carbocycles. The van der Waals surface area contributed by atoms with Gasteiger partial charge in [0, 0.05) is 13.0 Å². The van der Waals surface area contributed by atoms with Crippen molar-refractivity contribution >= 4 is 5.97 Å². The van der Waals surface area contributed by atoms with Gasteiger partial charge in [-0.15, -0.1) is 0 Å². The van der Waals surface area contributed by atoms with E-state index in [4.69, 9.17) is 14.0 Å². The fourth-order valence-corrected chi connectivity index (χ4v) is 1.69. The second-order valence-electron chi connectivity index (χ2n) is 4.09. The molecule has 1 aromatic heterocycles. The number of carbonyl (C=O) groups excluding carboxylic acids is 1. The number of esters is 1. The summed E-state index contributed by atoms with van der Waals surface area (Å²) in [4.78, 5) is 16.1. The average Bonchev–Trinajstić information content (AvgIpc) is 2.85. The van der Waals surface area contributed by atoms with Gasteiger partial charge in [-0.1, -0.05) is 18.5 Å². The molecule has 1 aromatic rings. The van der Waals surface area contributed by atoms with Gasteiger partial charge >= 0.3 is 5.97 Å². The van der Waals surface area contributed by atoms with Crippen molar-refractivity contribution in [2.24, 2.45) is 0 Å². The van der Waals surface area contributed by atoms with Crippen molar-refractivity contribution in [3.8, 4) is 0 Å². The quantitative estimate of drug-likeness (QED) is 0.505. The standard InChI is InChI=1S/C13H22N2O4/c1-4-7-10(13(16)18-6-3)12-14-11(15-19-12)8-9-17-5-2/h10H,4-9H2,1-3H3. The predicted molar refractivity (Wildman–Crippen MR) is 68.8 cm³/mol. The van der Waals surface area contributed by atoms with Crippen molar-refractivity contribution in [1.82, 2.24) is 10.1 Å². The first kappa shape index (κ1) is 15.6. The van der Waals surface area contributed by atoms with Crippen LogP contribution in [0.5, 0.6) is 0 Å². The number of carbonyl (C=O) groups is 1. The van der Waals surface area contributed by atoms with Crippen molar-refractivity contribution in [3.05, 3.63) is 11.7 Å². The summed E-state index contributed by atoms with van der Waals surface area (Å²) in [5.41, 5.74) is 0. The maximum Gasteiger partial charge on any atom is 0.318 e. The fourth-order valence-electron chi connectivity index (χ4n) is 1.69. The summed E-state index contributed by atoms with van der Waals surface area (Å²) in [5.74, 6) is 0.142. The van der Waals surface area contributed by atoms with Crippen LogP contribution in [0, 0.1) is 0 Å². The topological polar surface area (TPSA) is 74.5 Å². The number of ether oxygens (including phenoxy) is 2. The highest BCUT2D eigenvalue weighted by atomic mass is 16.5. The summed E-state index contributed by atoms with van der Waals surface area (Å²) in [7, 11) is 0.